The number of hydrogen-bond donors (Lipinski definition) is 1. The van der Waals surface area contributed by atoms with E-state index in [4.69, 9.17) is 13.6 Å². The van der Waals surface area contributed by atoms with Gasteiger partial charge in [-0.1, -0.05) is 12.7 Å². The summed E-state index contributed by atoms with van der Waals surface area (Å²) in [6.45, 7) is 2.46. The average Bonchev–Trinajstić information content (AvgIpc) is 1.38. The molecule has 1 atom stereocenters. The van der Waals surface area contributed by atoms with E-state index < -0.39 is 0 Å². The smallest absolute Gasteiger partial charge is 0.0712 e. The fourth-order valence-corrected chi connectivity index (χ4v) is 0. The van der Waals surface area contributed by atoms with Crippen LogP contribution >= 0.6 is 0 Å². The molecule has 0 aliphatic rings. The predicted molar refractivity (Wildman–Crippen MR) is 24.2 cm³/mol. The zero-order chi connectivity index (χ0) is 4.28. The Kier molecular flexibility index (Phi) is 2.28. The average molecular weight is 68.9 g/mol. The van der Waals surface area contributed by atoms with Gasteiger partial charge in [0.2, 0.25) is 0 Å². The third-order valence-electron chi connectivity index (χ3n) is 0.372. The summed E-state index contributed by atoms with van der Waals surface area (Å²) in [5.74, 6) is 0.162. The summed E-state index contributed by atoms with van der Waals surface area (Å²) < 4.78 is 0. The lowest BCUT2D eigenvalue weighted by Gasteiger charge is -1.91. The van der Waals surface area contributed by atoms with Gasteiger partial charge in [0.25, 0.3) is 0 Å². The Hall–Kier alpha value is 0.0249. The van der Waals surface area contributed by atoms with Crippen molar-refractivity contribution in [3.63, 3.8) is 0 Å². The van der Waals surface area contributed by atoms with Crippen LogP contribution in [0.2, 0.25) is 5.82 Å². The van der Waals surface area contributed by atoms with Crippen LogP contribution in [0.25, 0.3) is 0 Å². The van der Waals surface area contributed by atoms with Crippen LogP contribution in [0.1, 0.15) is 6.92 Å². The molecule has 0 heterocycles. The second-order valence-corrected chi connectivity index (χ2v) is 1.21. The van der Waals surface area contributed by atoms with Crippen molar-refractivity contribution in [1.82, 2.24) is 0 Å². The molecule has 2 radical (unpaired) electrons. The molecule has 0 spiro atoms. The Balaban J connectivity index is 2.54. The zero-order valence-corrected chi connectivity index (χ0v) is 3.44. The molecule has 0 aromatic rings. The van der Waals surface area contributed by atoms with Gasteiger partial charge < -0.3 is 5.73 Å². The van der Waals surface area contributed by atoms with E-state index in [-0.39, 0.29) is 5.82 Å². The molecule has 0 bridgehead atoms. The molecular weight excluding hydrogens is 60.9 g/mol. The molecule has 0 aromatic carbocycles. The second kappa shape index (κ2) is 2.27. The minimum Gasteiger partial charge on any atom is -0.331 e. The molecule has 0 saturated heterocycles. The molecule has 0 aliphatic carbocycles. The first kappa shape index (κ1) is 5.02. The number of hydrogen-bond acceptors (Lipinski definition) is 1. The Morgan fingerprint density at radius 3 is 2.20 bits per heavy atom. The van der Waals surface area contributed by atoms with Gasteiger partial charge in [-0.05, 0) is 6.54 Å². The normalized spacial score (nSPS) is 14.8. The molecule has 0 saturated carbocycles. The summed E-state index contributed by atoms with van der Waals surface area (Å²) in [7, 11) is 5.17. The number of rotatable bonds is 1. The zero-order valence-electron chi connectivity index (χ0n) is 3.44. The van der Waals surface area contributed by atoms with Crippen molar-refractivity contribution >= 4 is 7.85 Å². The van der Waals surface area contributed by atoms with Crippen LogP contribution in [-0.2, 0) is 0 Å². The van der Waals surface area contributed by atoms with Crippen LogP contribution < -0.4 is 5.73 Å². The maximum atomic E-state index is 5.17. The third kappa shape index (κ3) is 4.02. The molecule has 1 nitrogen and oxygen atoms in total. The van der Waals surface area contributed by atoms with Gasteiger partial charge in [0, 0.05) is 0 Å². The molecule has 0 fully saturated rings. The van der Waals surface area contributed by atoms with Gasteiger partial charge in [0.05, 0.1) is 7.85 Å². The van der Waals surface area contributed by atoms with Gasteiger partial charge in [-0.15, -0.1) is 0 Å². The highest BCUT2D eigenvalue weighted by atomic mass is 14.5. The first-order valence-corrected chi connectivity index (χ1v) is 1.73. The van der Waals surface area contributed by atoms with Crippen LogP contribution in [0.3, 0.4) is 0 Å². The third-order valence-corrected chi connectivity index (χ3v) is 0.372. The molecule has 0 aliphatic heterocycles. The van der Waals surface area contributed by atoms with Crippen molar-refractivity contribution in [2.75, 3.05) is 6.54 Å². The predicted octanol–water partition coefficient (Wildman–Crippen LogP) is -0.0780. The molecule has 2 N–H and O–H groups in total. The van der Waals surface area contributed by atoms with Crippen LogP contribution in [0.4, 0.5) is 0 Å². The van der Waals surface area contributed by atoms with Gasteiger partial charge in [-0.3, -0.25) is 0 Å². The van der Waals surface area contributed by atoms with E-state index in [0.717, 1.165) is 0 Å². The summed E-state index contributed by atoms with van der Waals surface area (Å²) in [5.41, 5.74) is 5.05. The van der Waals surface area contributed by atoms with Crippen LogP contribution in [0.15, 0.2) is 0 Å². The number of nitrogens with two attached hydrogens (primary N) is 1. The first-order valence-electron chi connectivity index (χ1n) is 1.73. The second-order valence-electron chi connectivity index (χ2n) is 1.21. The van der Waals surface area contributed by atoms with Crippen molar-refractivity contribution in [2.24, 2.45) is 5.73 Å². The van der Waals surface area contributed by atoms with Crippen molar-refractivity contribution in [3.8, 4) is 0 Å². The van der Waals surface area contributed by atoms with Crippen molar-refractivity contribution in [3.05, 3.63) is 0 Å². The van der Waals surface area contributed by atoms with E-state index in [2.05, 4.69) is 0 Å². The molecule has 28 valence electrons. The molecule has 5 heavy (non-hydrogen) atoms. The van der Waals surface area contributed by atoms with E-state index in [0.29, 0.717) is 6.54 Å². The quantitative estimate of drug-likeness (QED) is 0.428. The highest BCUT2D eigenvalue weighted by Gasteiger charge is 1.80. The molecule has 0 rings (SSSR count). The summed E-state index contributed by atoms with van der Waals surface area (Å²) in [5, 5.41) is 0. The van der Waals surface area contributed by atoms with Gasteiger partial charge in [0.15, 0.2) is 0 Å². The fraction of sp³-hybridized carbons (Fsp3) is 1.00. The van der Waals surface area contributed by atoms with Crippen molar-refractivity contribution in [1.29, 1.82) is 0 Å². The van der Waals surface area contributed by atoms with E-state index in [9.17, 15) is 0 Å². The van der Waals surface area contributed by atoms with E-state index in [1.165, 1.54) is 0 Å². The SMILES string of the molecule is [B]C(C)CN. The monoisotopic (exact) mass is 69.1 g/mol. The summed E-state index contributed by atoms with van der Waals surface area (Å²) in [6.07, 6.45) is 0. The van der Waals surface area contributed by atoms with E-state index in [1.54, 1.807) is 0 Å². The van der Waals surface area contributed by atoms with Crippen LogP contribution in [0.5, 0.6) is 0 Å². The van der Waals surface area contributed by atoms with Gasteiger partial charge >= 0.3 is 0 Å². The minimum absolute atomic E-state index is 0.162. The lowest BCUT2D eigenvalue weighted by atomic mass is 9.90. The van der Waals surface area contributed by atoms with E-state index >= 15 is 0 Å². The standard InChI is InChI=1S/C3H8BN/c1-3(4)2-5/h3H,2,5H2,1H3. The molecule has 0 amide bonds. The Morgan fingerprint density at radius 1 is 2.00 bits per heavy atom. The lowest BCUT2D eigenvalue weighted by molar-refractivity contribution is 0.926. The molecule has 2 heteroatoms. The molecule has 0 aromatic heterocycles. The minimum atomic E-state index is 0.162. The van der Waals surface area contributed by atoms with E-state index in [1.807, 2.05) is 6.92 Å². The fourth-order valence-electron chi connectivity index (χ4n) is 0. The van der Waals surface area contributed by atoms with Gasteiger partial charge in [0.1, 0.15) is 0 Å². The summed E-state index contributed by atoms with van der Waals surface area (Å²) in [6, 6.07) is 0. The maximum Gasteiger partial charge on any atom is 0.0712 e. The highest BCUT2D eigenvalue weighted by molar-refractivity contribution is 6.11. The molecule has 1 unspecified atom stereocenters. The first-order chi connectivity index (χ1) is 2.27. The van der Waals surface area contributed by atoms with Crippen molar-refractivity contribution < 1.29 is 0 Å². The Bertz CT molecular complexity index is 20.9. The maximum absolute atomic E-state index is 5.17. The van der Waals surface area contributed by atoms with Gasteiger partial charge in [-0.2, -0.15) is 0 Å². The largest absolute Gasteiger partial charge is 0.331 e. The Labute approximate surface area is 34.0 Å². The summed E-state index contributed by atoms with van der Waals surface area (Å²) in [4.78, 5) is 0. The lowest BCUT2D eigenvalue weighted by Crippen LogP contribution is -2.03. The van der Waals surface area contributed by atoms with Crippen molar-refractivity contribution in [2.45, 2.75) is 12.7 Å². The molecular formula is C3H8BN. The highest BCUT2D eigenvalue weighted by Crippen LogP contribution is 1.84. The topological polar surface area (TPSA) is 26.0 Å². The van der Waals surface area contributed by atoms with Crippen LogP contribution in [-0.4, -0.2) is 14.4 Å². The van der Waals surface area contributed by atoms with Gasteiger partial charge in [-0.25, -0.2) is 0 Å². The summed E-state index contributed by atoms with van der Waals surface area (Å²) >= 11 is 0. The Morgan fingerprint density at radius 2 is 2.20 bits per heavy atom. The van der Waals surface area contributed by atoms with Crippen LogP contribution in [0, 0.1) is 0 Å².